The monoisotopic (exact) mass is 273 g/mol. The van der Waals surface area contributed by atoms with E-state index in [0.29, 0.717) is 13.1 Å². The average Bonchev–Trinajstić information content (AvgIpc) is 2.35. The number of carbonyl (C=O) groups excluding carboxylic acids is 2. The molecule has 7 heteroatoms. The molecule has 1 atom stereocenters. The van der Waals surface area contributed by atoms with Crippen LogP contribution in [-0.4, -0.2) is 67.4 Å². The number of amides is 2. The molecule has 110 valence electrons. The molecule has 0 aromatic rings. The number of hydroxylamine groups is 2. The fourth-order valence-corrected chi connectivity index (χ4v) is 1.72. The minimum atomic E-state index is -0.537. The van der Waals surface area contributed by atoms with Crippen LogP contribution in [0.2, 0.25) is 0 Å². The van der Waals surface area contributed by atoms with E-state index in [0.717, 1.165) is 5.06 Å². The molecule has 1 heterocycles. The highest BCUT2D eigenvalue weighted by Gasteiger charge is 2.32. The number of nitrogens with zero attached hydrogens (tertiary/aromatic N) is 2. The van der Waals surface area contributed by atoms with Gasteiger partial charge in [0.2, 0.25) is 0 Å². The number of likely N-dealkylation sites (N-methyl/N-ethyl adjacent to an activating group) is 1. The van der Waals surface area contributed by atoms with Gasteiger partial charge < -0.3 is 15.0 Å². The topological polar surface area (TPSA) is 71.1 Å². The third-order valence-corrected chi connectivity index (χ3v) is 2.71. The van der Waals surface area contributed by atoms with Crippen LogP contribution in [0.4, 0.5) is 4.79 Å². The standard InChI is InChI=1S/C12H23N3O4/c1-12(2,3)19-11(17)15-7-6-13-9(8-15)10(16)14(4)18-5/h9,13H,6-8H2,1-5H3. The molecule has 1 unspecified atom stereocenters. The predicted octanol–water partition coefficient (Wildman–Crippen LogP) is 0.215. The average molecular weight is 273 g/mol. The van der Waals surface area contributed by atoms with Crippen LogP contribution in [0.15, 0.2) is 0 Å². The second kappa shape index (κ2) is 6.21. The van der Waals surface area contributed by atoms with Gasteiger partial charge in [0.1, 0.15) is 11.6 Å². The summed E-state index contributed by atoms with van der Waals surface area (Å²) in [6.45, 7) is 6.79. The van der Waals surface area contributed by atoms with E-state index in [4.69, 9.17) is 9.57 Å². The molecule has 0 aliphatic carbocycles. The minimum Gasteiger partial charge on any atom is -0.444 e. The quantitative estimate of drug-likeness (QED) is 0.729. The summed E-state index contributed by atoms with van der Waals surface area (Å²) >= 11 is 0. The van der Waals surface area contributed by atoms with Gasteiger partial charge in [0.15, 0.2) is 0 Å². The van der Waals surface area contributed by atoms with E-state index < -0.39 is 17.7 Å². The first-order valence-corrected chi connectivity index (χ1v) is 6.27. The summed E-state index contributed by atoms with van der Waals surface area (Å²) in [5.74, 6) is -0.212. The highest BCUT2D eigenvalue weighted by Crippen LogP contribution is 2.12. The van der Waals surface area contributed by atoms with Crippen molar-refractivity contribution in [3.8, 4) is 0 Å². The molecule has 0 spiro atoms. The third kappa shape index (κ3) is 4.68. The van der Waals surface area contributed by atoms with Gasteiger partial charge in [0, 0.05) is 26.7 Å². The lowest BCUT2D eigenvalue weighted by Crippen LogP contribution is -2.58. The Morgan fingerprint density at radius 3 is 2.53 bits per heavy atom. The number of nitrogens with one attached hydrogen (secondary N) is 1. The van der Waals surface area contributed by atoms with Crippen molar-refractivity contribution < 1.29 is 19.2 Å². The van der Waals surface area contributed by atoms with Gasteiger partial charge >= 0.3 is 6.09 Å². The van der Waals surface area contributed by atoms with Crippen molar-refractivity contribution in [1.29, 1.82) is 0 Å². The van der Waals surface area contributed by atoms with E-state index in [-0.39, 0.29) is 12.5 Å². The zero-order chi connectivity index (χ0) is 14.6. The van der Waals surface area contributed by atoms with Crippen LogP contribution >= 0.6 is 0 Å². The van der Waals surface area contributed by atoms with Crippen molar-refractivity contribution in [2.45, 2.75) is 32.4 Å². The maximum Gasteiger partial charge on any atom is 0.410 e. The van der Waals surface area contributed by atoms with E-state index in [9.17, 15) is 9.59 Å². The SMILES string of the molecule is CON(C)C(=O)C1CN(C(=O)OC(C)(C)C)CCN1. The summed E-state index contributed by atoms with van der Waals surface area (Å²) in [6, 6.07) is -0.466. The molecule has 0 saturated carbocycles. The molecule has 1 saturated heterocycles. The molecule has 0 aromatic heterocycles. The second-order valence-corrected chi connectivity index (χ2v) is 5.45. The molecule has 1 fully saturated rings. The molecule has 0 radical (unpaired) electrons. The van der Waals surface area contributed by atoms with Gasteiger partial charge in [-0.15, -0.1) is 0 Å². The van der Waals surface area contributed by atoms with Crippen LogP contribution < -0.4 is 5.32 Å². The van der Waals surface area contributed by atoms with Crippen molar-refractivity contribution >= 4 is 12.0 Å². The molecule has 0 bridgehead atoms. The molecule has 1 rings (SSSR count). The summed E-state index contributed by atoms with van der Waals surface area (Å²) in [5, 5.41) is 4.21. The van der Waals surface area contributed by atoms with Crippen LogP contribution in [0.25, 0.3) is 0 Å². The van der Waals surface area contributed by atoms with Crippen molar-refractivity contribution in [2.75, 3.05) is 33.8 Å². The van der Waals surface area contributed by atoms with Gasteiger partial charge in [-0.3, -0.25) is 9.63 Å². The second-order valence-electron chi connectivity index (χ2n) is 5.45. The van der Waals surface area contributed by atoms with E-state index in [1.165, 1.54) is 19.1 Å². The van der Waals surface area contributed by atoms with E-state index in [2.05, 4.69) is 5.32 Å². The van der Waals surface area contributed by atoms with E-state index in [1.807, 2.05) is 20.8 Å². The lowest BCUT2D eigenvalue weighted by atomic mass is 10.2. The van der Waals surface area contributed by atoms with Gasteiger partial charge in [0.05, 0.1) is 7.11 Å². The van der Waals surface area contributed by atoms with Crippen LogP contribution in [0, 0.1) is 0 Å². The lowest BCUT2D eigenvalue weighted by molar-refractivity contribution is -0.172. The minimum absolute atomic E-state index is 0.212. The molecule has 1 aliphatic rings. The Morgan fingerprint density at radius 2 is 2.00 bits per heavy atom. The van der Waals surface area contributed by atoms with Crippen LogP contribution in [0.5, 0.6) is 0 Å². The zero-order valence-electron chi connectivity index (χ0n) is 12.2. The van der Waals surface area contributed by atoms with E-state index in [1.54, 1.807) is 0 Å². The van der Waals surface area contributed by atoms with Crippen molar-refractivity contribution in [2.24, 2.45) is 0 Å². The zero-order valence-corrected chi connectivity index (χ0v) is 12.2. The first-order chi connectivity index (χ1) is 8.74. The Labute approximate surface area is 113 Å². The van der Waals surface area contributed by atoms with Gasteiger partial charge in [-0.25, -0.2) is 9.86 Å². The Kier molecular flexibility index (Phi) is 5.13. The summed E-state index contributed by atoms with van der Waals surface area (Å²) in [7, 11) is 2.96. The summed E-state index contributed by atoms with van der Waals surface area (Å²) in [6.07, 6.45) is -0.396. The third-order valence-electron chi connectivity index (χ3n) is 2.71. The van der Waals surface area contributed by atoms with Crippen LogP contribution in [-0.2, 0) is 14.4 Å². The fourth-order valence-electron chi connectivity index (χ4n) is 1.72. The molecule has 19 heavy (non-hydrogen) atoms. The predicted molar refractivity (Wildman–Crippen MR) is 69.4 cm³/mol. The molecule has 1 aliphatic heterocycles. The number of hydrogen-bond acceptors (Lipinski definition) is 5. The number of piperazine rings is 1. The highest BCUT2D eigenvalue weighted by atomic mass is 16.7. The maximum absolute atomic E-state index is 11.9. The number of hydrogen-bond donors (Lipinski definition) is 1. The lowest BCUT2D eigenvalue weighted by Gasteiger charge is -2.35. The van der Waals surface area contributed by atoms with Gasteiger partial charge in [-0.2, -0.15) is 0 Å². The Hall–Kier alpha value is -1.34. The molecule has 2 amide bonds. The Bertz CT molecular complexity index is 340. The summed E-state index contributed by atoms with van der Waals surface area (Å²) in [5.41, 5.74) is -0.537. The van der Waals surface area contributed by atoms with Gasteiger partial charge in [-0.1, -0.05) is 0 Å². The van der Waals surface area contributed by atoms with Crippen molar-refractivity contribution in [3.05, 3.63) is 0 Å². The highest BCUT2D eigenvalue weighted by molar-refractivity contribution is 5.82. The first kappa shape index (κ1) is 15.7. The fraction of sp³-hybridized carbons (Fsp3) is 0.833. The van der Waals surface area contributed by atoms with Crippen LogP contribution in [0.1, 0.15) is 20.8 Å². The number of ether oxygens (including phenoxy) is 1. The smallest absolute Gasteiger partial charge is 0.410 e. The normalized spacial score (nSPS) is 20.1. The Morgan fingerprint density at radius 1 is 1.37 bits per heavy atom. The van der Waals surface area contributed by atoms with Gasteiger partial charge in [-0.05, 0) is 20.8 Å². The van der Waals surface area contributed by atoms with Crippen LogP contribution in [0.3, 0.4) is 0 Å². The summed E-state index contributed by atoms with van der Waals surface area (Å²) < 4.78 is 5.30. The number of carbonyl (C=O) groups is 2. The molecule has 0 aromatic carbocycles. The molecule has 7 nitrogen and oxygen atoms in total. The van der Waals surface area contributed by atoms with Gasteiger partial charge in [0.25, 0.3) is 5.91 Å². The Balaban J connectivity index is 2.59. The maximum atomic E-state index is 11.9. The molecule has 1 N–H and O–H groups in total. The first-order valence-electron chi connectivity index (χ1n) is 6.27. The van der Waals surface area contributed by atoms with Crippen molar-refractivity contribution in [1.82, 2.24) is 15.3 Å². The molecular weight excluding hydrogens is 250 g/mol. The summed E-state index contributed by atoms with van der Waals surface area (Å²) in [4.78, 5) is 30.3. The molecular formula is C12H23N3O4. The van der Waals surface area contributed by atoms with E-state index >= 15 is 0 Å². The largest absolute Gasteiger partial charge is 0.444 e. The number of rotatable bonds is 2. The van der Waals surface area contributed by atoms with Crippen molar-refractivity contribution in [3.63, 3.8) is 0 Å².